The zero-order valence-electron chi connectivity index (χ0n) is 10.5. The summed E-state index contributed by atoms with van der Waals surface area (Å²) >= 11 is 7.38. The maximum atomic E-state index is 3.69. The summed E-state index contributed by atoms with van der Waals surface area (Å²) in [6, 6.07) is 0. The van der Waals surface area contributed by atoms with Gasteiger partial charge in [-0.2, -0.15) is 0 Å². The minimum Gasteiger partial charge on any atom is -0.0922 e. The molecule has 0 aromatic carbocycles. The van der Waals surface area contributed by atoms with E-state index < -0.39 is 0 Å². The normalized spacial score (nSPS) is 14.2. The number of rotatable bonds is 9. The number of hydrogen-bond acceptors (Lipinski definition) is 0. The van der Waals surface area contributed by atoms with Crippen molar-refractivity contribution in [3.63, 3.8) is 0 Å². The van der Waals surface area contributed by atoms with Crippen LogP contribution in [-0.2, 0) is 0 Å². The molecule has 0 aromatic rings. The van der Waals surface area contributed by atoms with Crippen molar-refractivity contribution in [2.24, 2.45) is 11.3 Å². The third kappa shape index (κ3) is 5.72. The van der Waals surface area contributed by atoms with Gasteiger partial charge in [-0.25, -0.2) is 0 Å². The van der Waals surface area contributed by atoms with Crippen LogP contribution in [0.1, 0.15) is 59.3 Å². The minimum atomic E-state index is 0.481. The average Bonchev–Trinajstić information content (AvgIpc) is 2.30. The molecule has 15 heavy (non-hydrogen) atoms. The Bertz CT molecular complexity index is 133. The fraction of sp³-hybridized carbons (Fsp3) is 1.00. The van der Waals surface area contributed by atoms with E-state index in [0.717, 1.165) is 16.6 Å². The second-order valence-corrected chi connectivity index (χ2v) is 5.86. The molecule has 0 aliphatic heterocycles. The molecule has 0 saturated heterocycles. The highest BCUT2D eigenvalue weighted by Gasteiger charge is 2.28. The molecule has 0 amide bonds. The average molecular weight is 342 g/mol. The van der Waals surface area contributed by atoms with Crippen LogP contribution in [0, 0.1) is 11.3 Å². The van der Waals surface area contributed by atoms with Crippen LogP contribution in [0.15, 0.2) is 0 Å². The molecule has 92 valence electrons. The quantitative estimate of drug-likeness (QED) is 0.466. The van der Waals surface area contributed by atoms with E-state index in [0.29, 0.717) is 5.41 Å². The van der Waals surface area contributed by atoms with E-state index in [2.05, 4.69) is 52.6 Å². The molecule has 0 bridgehead atoms. The topological polar surface area (TPSA) is 0 Å². The standard InChI is InChI=1S/C13H26Br2/c1-4-7-8-12(5-2)9-13(6-3,10-14)11-15/h12H,4-11H2,1-3H3. The first-order valence-corrected chi connectivity index (χ1v) is 8.54. The molecule has 0 N–H and O–H groups in total. The van der Waals surface area contributed by atoms with Gasteiger partial charge in [0.1, 0.15) is 0 Å². The van der Waals surface area contributed by atoms with Crippen molar-refractivity contribution in [3.05, 3.63) is 0 Å². The number of halogens is 2. The van der Waals surface area contributed by atoms with Crippen molar-refractivity contribution in [1.82, 2.24) is 0 Å². The summed E-state index contributed by atoms with van der Waals surface area (Å²) < 4.78 is 0. The molecule has 0 aromatic heterocycles. The molecule has 0 fully saturated rings. The Morgan fingerprint density at radius 2 is 1.67 bits per heavy atom. The van der Waals surface area contributed by atoms with Crippen molar-refractivity contribution < 1.29 is 0 Å². The first-order valence-electron chi connectivity index (χ1n) is 6.29. The Labute approximate surface area is 113 Å². The van der Waals surface area contributed by atoms with Crippen LogP contribution in [0.2, 0.25) is 0 Å². The number of hydrogen-bond donors (Lipinski definition) is 0. The van der Waals surface area contributed by atoms with Gasteiger partial charge in [-0.1, -0.05) is 78.3 Å². The summed E-state index contributed by atoms with van der Waals surface area (Å²) in [7, 11) is 0. The molecule has 0 radical (unpaired) electrons. The van der Waals surface area contributed by atoms with Gasteiger partial charge in [0.2, 0.25) is 0 Å². The largest absolute Gasteiger partial charge is 0.0922 e. The van der Waals surface area contributed by atoms with E-state index in [4.69, 9.17) is 0 Å². The fourth-order valence-corrected chi connectivity index (χ4v) is 4.21. The van der Waals surface area contributed by atoms with Crippen molar-refractivity contribution in [2.75, 3.05) is 10.7 Å². The van der Waals surface area contributed by atoms with E-state index >= 15 is 0 Å². The molecule has 0 nitrogen and oxygen atoms in total. The smallest absolute Gasteiger partial charge is 0.00959 e. The third-order valence-electron chi connectivity index (χ3n) is 3.58. The molecule has 0 heterocycles. The molecule has 0 aliphatic carbocycles. The Balaban J connectivity index is 4.21. The van der Waals surface area contributed by atoms with E-state index in [1.54, 1.807) is 0 Å². The van der Waals surface area contributed by atoms with Gasteiger partial charge in [-0.3, -0.25) is 0 Å². The predicted octanol–water partition coefficient (Wildman–Crippen LogP) is 5.78. The predicted molar refractivity (Wildman–Crippen MR) is 78.2 cm³/mol. The molecule has 0 rings (SSSR count). The zero-order valence-corrected chi connectivity index (χ0v) is 13.7. The van der Waals surface area contributed by atoms with E-state index in [1.165, 1.54) is 38.5 Å². The van der Waals surface area contributed by atoms with Gasteiger partial charge in [0.15, 0.2) is 0 Å². The zero-order chi connectivity index (χ0) is 11.7. The fourth-order valence-electron chi connectivity index (χ4n) is 2.03. The summed E-state index contributed by atoms with van der Waals surface area (Å²) in [4.78, 5) is 0. The summed E-state index contributed by atoms with van der Waals surface area (Å²) in [5, 5.41) is 2.26. The Morgan fingerprint density at radius 3 is 2.00 bits per heavy atom. The van der Waals surface area contributed by atoms with Crippen LogP contribution in [0.4, 0.5) is 0 Å². The van der Waals surface area contributed by atoms with Gasteiger partial charge >= 0.3 is 0 Å². The van der Waals surface area contributed by atoms with Crippen molar-refractivity contribution in [1.29, 1.82) is 0 Å². The Kier molecular flexibility index (Phi) is 9.62. The lowest BCUT2D eigenvalue weighted by Gasteiger charge is -2.32. The second-order valence-electron chi connectivity index (χ2n) is 4.74. The lowest BCUT2D eigenvalue weighted by Crippen LogP contribution is -2.27. The summed E-state index contributed by atoms with van der Waals surface area (Å²) in [5.74, 6) is 0.917. The maximum absolute atomic E-state index is 3.69. The Morgan fingerprint density at radius 1 is 1.07 bits per heavy atom. The minimum absolute atomic E-state index is 0.481. The van der Waals surface area contributed by atoms with Crippen molar-refractivity contribution in [2.45, 2.75) is 59.3 Å². The maximum Gasteiger partial charge on any atom is 0.00959 e. The lowest BCUT2D eigenvalue weighted by atomic mass is 9.78. The van der Waals surface area contributed by atoms with Crippen LogP contribution in [-0.4, -0.2) is 10.7 Å². The van der Waals surface area contributed by atoms with Crippen LogP contribution in [0.25, 0.3) is 0 Å². The van der Waals surface area contributed by atoms with Gasteiger partial charge < -0.3 is 0 Å². The van der Waals surface area contributed by atoms with E-state index in [-0.39, 0.29) is 0 Å². The highest BCUT2D eigenvalue weighted by atomic mass is 79.9. The second kappa shape index (κ2) is 9.04. The first kappa shape index (κ1) is 16.0. The summed E-state index contributed by atoms with van der Waals surface area (Å²) in [5.41, 5.74) is 0.481. The highest BCUT2D eigenvalue weighted by molar-refractivity contribution is 9.09. The number of alkyl halides is 2. The van der Waals surface area contributed by atoms with Gasteiger partial charge in [0, 0.05) is 10.7 Å². The third-order valence-corrected chi connectivity index (χ3v) is 5.96. The molecule has 0 spiro atoms. The molecule has 2 heteroatoms. The molecule has 0 saturated carbocycles. The van der Waals surface area contributed by atoms with Crippen LogP contribution < -0.4 is 0 Å². The van der Waals surface area contributed by atoms with Gasteiger partial charge in [-0.05, 0) is 24.2 Å². The molecular formula is C13H26Br2. The molecule has 1 unspecified atom stereocenters. The van der Waals surface area contributed by atoms with Crippen molar-refractivity contribution >= 4 is 31.9 Å². The first-order chi connectivity index (χ1) is 7.17. The Hall–Kier alpha value is 0.960. The summed E-state index contributed by atoms with van der Waals surface area (Å²) in [6.07, 6.45) is 8.11. The number of unbranched alkanes of at least 4 members (excludes halogenated alkanes) is 1. The summed E-state index contributed by atoms with van der Waals surface area (Å²) in [6.45, 7) is 6.94. The van der Waals surface area contributed by atoms with Crippen molar-refractivity contribution in [3.8, 4) is 0 Å². The lowest BCUT2D eigenvalue weighted by molar-refractivity contribution is 0.255. The van der Waals surface area contributed by atoms with Crippen LogP contribution in [0.3, 0.4) is 0 Å². The van der Waals surface area contributed by atoms with Crippen LogP contribution >= 0.6 is 31.9 Å². The van der Waals surface area contributed by atoms with Gasteiger partial charge in [0.05, 0.1) is 0 Å². The monoisotopic (exact) mass is 340 g/mol. The molecule has 1 atom stereocenters. The van der Waals surface area contributed by atoms with Gasteiger partial charge in [0.25, 0.3) is 0 Å². The van der Waals surface area contributed by atoms with E-state index in [1.807, 2.05) is 0 Å². The van der Waals surface area contributed by atoms with Crippen LogP contribution in [0.5, 0.6) is 0 Å². The SMILES string of the molecule is CCCCC(CC)CC(CC)(CBr)CBr. The highest BCUT2D eigenvalue weighted by Crippen LogP contribution is 2.37. The molecule has 0 aliphatic rings. The molecular weight excluding hydrogens is 316 g/mol. The van der Waals surface area contributed by atoms with Gasteiger partial charge in [-0.15, -0.1) is 0 Å². The van der Waals surface area contributed by atoms with E-state index in [9.17, 15) is 0 Å².